The Balaban J connectivity index is 1.42. The van der Waals surface area contributed by atoms with Crippen molar-refractivity contribution in [2.75, 3.05) is 18.0 Å². The molecule has 1 saturated heterocycles. The van der Waals surface area contributed by atoms with Crippen molar-refractivity contribution in [2.45, 2.75) is 35.6 Å². The lowest BCUT2D eigenvalue weighted by Gasteiger charge is -2.31. The normalized spacial score (nSPS) is 15.9. The van der Waals surface area contributed by atoms with Crippen LogP contribution in [0.3, 0.4) is 0 Å². The lowest BCUT2D eigenvalue weighted by atomic mass is 10.1. The zero-order chi connectivity index (χ0) is 22.1. The zero-order valence-corrected chi connectivity index (χ0v) is 18.2. The predicted molar refractivity (Wildman–Crippen MR) is 115 cm³/mol. The maximum atomic E-state index is 13.0. The number of anilines is 1. The van der Waals surface area contributed by atoms with Crippen LogP contribution in [-0.2, 0) is 22.4 Å². The van der Waals surface area contributed by atoms with Crippen LogP contribution in [0.4, 0.5) is 18.3 Å². The molecular formula is C22H21F3N2O2S2. The third-order valence-corrected chi connectivity index (χ3v) is 8.62. The van der Waals surface area contributed by atoms with E-state index in [1.165, 1.54) is 23.0 Å². The molecular weight excluding hydrogens is 445 g/mol. The highest BCUT2D eigenvalue weighted by Crippen LogP contribution is 2.33. The Morgan fingerprint density at radius 1 is 1.03 bits per heavy atom. The Morgan fingerprint density at radius 3 is 2.42 bits per heavy atom. The Kier molecular flexibility index (Phi) is 6.07. The minimum Gasteiger partial charge on any atom is -0.348 e. The predicted octanol–water partition coefficient (Wildman–Crippen LogP) is 5.20. The number of alkyl halides is 3. The van der Waals surface area contributed by atoms with E-state index in [4.69, 9.17) is 0 Å². The van der Waals surface area contributed by atoms with Crippen LogP contribution in [0.25, 0.3) is 0 Å². The second kappa shape index (κ2) is 8.63. The monoisotopic (exact) mass is 466 g/mol. The molecule has 0 atom stereocenters. The Morgan fingerprint density at radius 2 is 1.74 bits per heavy atom. The molecule has 4 rings (SSSR count). The molecule has 4 nitrogen and oxygen atoms in total. The van der Waals surface area contributed by atoms with E-state index < -0.39 is 26.8 Å². The van der Waals surface area contributed by atoms with Gasteiger partial charge in [-0.1, -0.05) is 36.4 Å². The zero-order valence-electron chi connectivity index (χ0n) is 16.5. The number of halogens is 3. The van der Waals surface area contributed by atoms with Gasteiger partial charge in [-0.05, 0) is 36.6 Å². The molecule has 0 N–H and O–H groups in total. The van der Waals surface area contributed by atoms with Gasteiger partial charge in [0.25, 0.3) is 0 Å². The molecule has 0 spiro atoms. The molecule has 0 bridgehead atoms. The second-order valence-corrected chi connectivity index (χ2v) is 10.6. The van der Waals surface area contributed by atoms with E-state index in [1.807, 2.05) is 35.7 Å². The van der Waals surface area contributed by atoms with Gasteiger partial charge in [0, 0.05) is 24.9 Å². The fraction of sp³-hybridized carbons (Fsp3) is 0.318. The number of nitrogens with zero attached hydrogens (tertiary/aromatic N) is 2. The first-order chi connectivity index (χ1) is 14.7. The largest absolute Gasteiger partial charge is 0.416 e. The fourth-order valence-corrected chi connectivity index (χ4v) is 6.38. The lowest BCUT2D eigenvalue weighted by Crippen LogP contribution is -2.39. The second-order valence-electron chi connectivity index (χ2n) is 7.54. The molecule has 0 saturated carbocycles. The highest BCUT2D eigenvalue weighted by molar-refractivity contribution is 7.92. The molecule has 1 aliphatic rings. The summed E-state index contributed by atoms with van der Waals surface area (Å²) in [4.78, 5) is 6.47. The number of hydrogen-bond donors (Lipinski definition) is 0. The van der Waals surface area contributed by atoms with Crippen LogP contribution in [0, 0.1) is 0 Å². The van der Waals surface area contributed by atoms with Gasteiger partial charge in [-0.2, -0.15) is 13.2 Å². The van der Waals surface area contributed by atoms with Crippen molar-refractivity contribution in [2.24, 2.45) is 0 Å². The summed E-state index contributed by atoms with van der Waals surface area (Å²) in [6.45, 7) is 1.00. The average Bonchev–Trinajstić information content (AvgIpc) is 3.22. The molecule has 164 valence electrons. The van der Waals surface area contributed by atoms with Crippen molar-refractivity contribution < 1.29 is 21.6 Å². The Hall–Kier alpha value is -2.39. The summed E-state index contributed by atoms with van der Waals surface area (Å²) in [5.74, 6) is 0. The molecule has 31 heavy (non-hydrogen) atoms. The summed E-state index contributed by atoms with van der Waals surface area (Å²) in [5, 5.41) is 2.16. The van der Waals surface area contributed by atoms with Gasteiger partial charge in [0.2, 0.25) is 0 Å². The molecule has 1 aliphatic heterocycles. The minimum atomic E-state index is -4.57. The van der Waals surface area contributed by atoms with Crippen molar-refractivity contribution in [1.82, 2.24) is 4.98 Å². The van der Waals surface area contributed by atoms with E-state index in [9.17, 15) is 21.6 Å². The van der Waals surface area contributed by atoms with Crippen molar-refractivity contribution in [1.29, 1.82) is 0 Å². The molecule has 3 aromatic rings. The highest BCUT2D eigenvalue weighted by atomic mass is 32.2. The topological polar surface area (TPSA) is 50.3 Å². The Labute approximate surface area is 183 Å². The number of benzene rings is 2. The van der Waals surface area contributed by atoms with Crippen LogP contribution in [-0.4, -0.2) is 31.7 Å². The van der Waals surface area contributed by atoms with Crippen molar-refractivity contribution in [3.8, 4) is 0 Å². The van der Waals surface area contributed by atoms with E-state index >= 15 is 0 Å². The molecule has 1 aromatic heterocycles. The quantitative estimate of drug-likeness (QED) is 0.519. The van der Waals surface area contributed by atoms with Crippen LogP contribution in [0.1, 0.15) is 29.7 Å². The Bertz CT molecular complexity index is 1140. The van der Waals surface area contributed by atoms with Gasteiger partial charge in [-0.25, -0.2) is 13.4 Å². The first-order valence-corrected chi connectivity index (χ1v) is 12.3. The minimum absolute atomic E-state index is 0.264. The highest BCUT2D eigenvalue weighted by Gasteiger charge is 2.35. The summed E-state index contributed by atoms with van der Waals surface area (Å²) in [7, 11) is -3.83. The molecule has 2 heterocycles. The summed E-state index contributed by atoms with van der Waals surface area (Å²) < 4.78 is 64.7. The average molecular weight is 467 g/mol. The van der Waals surface area contributed by atoms with Crippen molar-refractivity contribution in [3.63, 3.8) is 0 Å². The number of aromatic nitrogens is 1. The summed E-state index contributed by atoms with van der Waals surface area (Å²) in [5.41, 5.74) is 1.19. The first kappa shape index (κ1) is 21.8. The standard InChI is InChI=1S/C22H21F3N2O2S2/c23-22(24,25)17-7-4-8-20(14-17)31(28,29)19-9-11-27(12-10-19)21-26-18(15-30-21)13-16-5-2-1-3-6-16/h1-8,14-15,19H,9-13H2. The van der Waals surface area contributed by atoms with Crippen LogP contribution < -0.4 is 4.90 Å². The van der Waals surface area contributed by atoms with Gasteiger partial charge in [0.1, 0.15) is 0 Å². The molecule has 0 radical (unpaired) electrons. The van der Waals surface area contributed by atoms with Gasteiger partial charge < -0.3 is 4.90 Å². The molecule has 9 heteroatoms. The van der Waals surface area contributed by atoms with E-state index in [0.29, 0.717) is 25.9 Å². The molecule has 0 aliphatic carbocycles. The first-order valence-electron chi connectivity index (χ1n) is 9.88. The maximum Gasteiger partial charge on any atom is 0.416 e. The van der Waals surface area contributed by atoms with Gasteiger partial charge in [-0.3, -0.25) is 0 Å². The van der Waals surface area contributed by atoms with Crippen molar-refractivity contribution in [3.05, 3.63) is 76.8 Å². The third kappa shape index (κ3) is 4.93. The molecule has 0 unspecified atom stereocenters. The lowest BCUT2D eigenvalue weighted by molar-refractivity contribution is -0.137. The summed E-state index contributed by atoms with van der Waals surface area (Å²) >= 11 is 1.53. The van der Waals surface area contributed by atoms with Crippen molar-refractivity contribution >= 4 is 26.3 Å². The number of sulfone groups is 1. The third-order valence-electron chi connectivity index (χ3n) is 5.41. The SMILES string of the molecule is O=S(=O)(c1cccc(C(F)(F)F)c1)C1CCN(c2nc(Cc3ccccc3)cs2)CC1. The van der Waals surface area contributed by atoms with E-state index in [2.05, 4.69) is 9.88 Å². The van der Waals surface area contributed by atoms with Gasteiger partial charge in [0.15, 0.2) is 15.0 Å². The molecule has 0 amide bonds. The van der Waals surface area contributed by atoms with Crippen LogP contribution in [0.15, 0.2) is 64.9 Å². The number of piperidine rings is 1. The van der Waals surface area contributed by atoms with Gasteiger partial charge >= 0.3 is 6.18 Å². The van der Waals surface area contributed by atoms with E-state index in [1.54, 1.807) is 0 Å². The van der Waals surface area contributed by atoms with Crippen LogP contribution in [0.5, 0.6) is 0 Å². The fourth-order valence-electron chi connectivity index (χ4n) is 3.73. The number of thiazole rings is 1. The molecule has 1 fully saturated rings. The molecule has 2 aromatic carbocycles. The van der Waals surface area contributed by atoms with Gasteiger partial charge in [-0.15, -0.1) is 11.3 Å². The smallest absolute Gasteiger partial charge is 0.348 e. The van der Waals surface area contributed by atoms with Crippen LogP contribution in [0.2, 0.25) is 0 Å². The summed E-state index contributed by atoms with van der Waals surface area (Å²) in [6.07, 6.45) is -3.13. The number of rotatable bonds is 5. The summed E-state index contributed by atoms with van der Waals surface area (Å²) in [6, 6.07) is 14.0. The van der Waals surface area contributed by atoms with E-state index in [-0.39, 0.29) is 4.90 Å². The maximum absolute atomic E-state index is 13.0. The van der Waals surface area contributed by atoms with Gasteiger partial charge in [0.05, 0.1) is 21.4 Å². The van der Waals surface area contributed by atoms with E-state index in [0.717, 1.165) is 35.4 Å². The van der Waals surface area contributed by atoms with Crippen LogP contribution >= 0.6 is 11.3 Å². The number of hydrogen-bond acceptors (Lipinski definition) is 5.